The third-order valence-electron chi connectivity index (χ3n) is 4.64. The van der Waals surface area contributed by atoms with Crippen molar-refractivity contribution in [2.45, 2.75) is 65.2 Å². The lowest BCUT2D eigenvalue weighted by molar-refractivity contribution is 0.165. The first kappa shape index (κ1) is 15.3. The number of hydrogen-bond acceptors (Lipinski definition) is 2. The molecule has 0 aliphatic heterocycles. The van der Waals surface area contributed by atoms with Gasteiger partial charge in [-0.05, 0) is 50.4 Å². The summed E-state index contributed by atoms with van der Waals surface area (Å²) in [6.07, 6.45) is 10.6. The molecule has 1 fully saturated rings. The molecule has 0 amide bonds. The van der Waals surface area contributed by atoms with Crippen molar-refractivity contribution in [3.63, 3.8) is 0 Å². The zero-order chi connectivity index (χ0) is 13.7. The summed E-state index contributed by atoms with van der Waals surface area (Å²) >= 11 is 8.08. The second-order valence-electron chi connectivity index (χ2n) is 6.25. The van der Waals surface area contributed by atoms with E-state index in [-0.39, 0.29) is 0 Å². The molecule has 1 nitrogen and oxygen atoms in total. The Kier molecular flexibility index (Phi) is 5.70. The van der Waals surface area contributed by atoms with Crippen LogP contribution in [-0.4, -0.2) is 10.9 Å². The van der Waals surface area contributed by atoms with Gasteiger partial charge in [-0.3, -0.25) is 0 Å². The summed E-state index contributed by atoms with van der Waals surface area (Å²) in [5.41, 5.74) is 1.58. The first-order chi connectivity index (χ1) is 9.17. The van der Waals surface area contributed by atoms with E-state index >= 15 is 0 Å². The molecule has 0 unspecified atom stereocenters. The molecule has 0 spiro atoms. The van der Waals surface area contributed by atoms with E-state index in [9.17, 15) is 0 Å². The van der Waals surface area contributed by atoms with Crippen molar-refractivity contribution in [3.8, 4) is 0 Å². The lowest BCUT2D eigenvalue weighted by Gasteiger charge is -2.38. The second-order valence-corrected chi connectivity index (χ2v) is 7.58. The summed E-state index contributed by atoms with van der Waals surface area (Å²) in [5.74, 6) is 1.75. The Morgan fingerprint density at radius 1 is 1.42 bits per heavy atom. The van der Waals surface area contributed by atoms with Crippen LogP contribution in [0.15, 0.2) is 5.38 Å². The van der Waals surface area contributed by atoms with Gasteiger partial charge in [-0.25, -0.2) is 4.98 Å². The van der Waals surface area contributed by atoms with E-state index in [1.165, 1.54) is 55.6 Å². The summed E-state index contributed by atoms with van der Waals surface area (Å²) in [5, 5.41) is 3.39. The fourth-order valence-corrected chi connectivity index (χ4v) is 4.28. The fraction of sp³-hybridized carbons (Fsp3) is 0.812. The van der Waals surface area contributed by atoms with E-state index in [1.54, 1.807) is 11.3 Å². The smallest absolute Gasteiger partial charge is 0.0897 e. The van der Waals surface area contributed by atoms with Crippen LogP contribution in [0.4, 0.5) is 0 Å². The van der Waals surface area contributed by atoms with Crippen LogP contribution >= 0.6 is 22.9 Å². The van der Waals surface area contributed by atoms with Crippen molar-refractivity contribution in [2.24, 2.45) is 11.3 Å². The van der Waals surface area contributed by atoms with E-state index in [0.29, 0.717) is 5.41 Å². The zero-order valence-electron chi connectivity index (χ0n) is 12.3. The van der Waals surface area contributed by atoms with Crippen LogP contribution in [0, 0.1) is 18.3 Å². The summed E-state index contributed by atoms with van der Waals surface area (Å²) < 4.78 is 0. The maximum absolute atomic E-state index is 6.32. The minimum absolute atomic E-state index is 0.324. The molecular formula is C16H26ClNS. The Morgan fingerprint density at radius 3 is 2.68 bits per heavy atom. The Labute approximate surface area is 126 Å². The number of rotatable bonds is 6. The van der Waals surface area contributed by atoms with Gasteiger partial charge in [0, 0.05) is 11.3 Å². The molecule has 3 heteroatoms. The predicted molar refractivity (Wildman–Crippen MR) is 85.2 cm³/mol. The van der Waals surface area contributed by atoms with Gasteiger partial charge < -0.3 is 0 Å². The third-order valence-corrected chi connectivity index (χ3v) is 6.03. The minimum atomic E-state index is 0.324. The molecule has 0 bridgehead atoms. The quantitative estimate of drug-likeness (QED) is 0.623. The van der Waals surface area contributed by atoms with Crippen LogP contribution in [0.1, 0.15) is 62.6 Å². The van der Waals surface area contributed by atoms with Crippen LogP contribution < -0.4 is 0 Å². The van der Waals surface area contributed by atoms with E-state index in [2.05, 4.69) is 24.2 Å². The van der Waals surface area contributed by atoms with Gasteiger partial charge >= 0.3 is 0 Å². The maximum atomic E-state index is 6.32. The molecule has 0 radical (unpaired) electrons. The molecule has 0 atom stereocenters. The number of unbranched alkanes of at least 4 members (excludes halogenated alkanes) is 1. The number of halogens is 1. The third kappa shape index (κ3) is 4.19. The molecule has 1 heterocycles. The molecule has 1 aromatic rings. The Bertz CT molecular complexity index is 380. The molecule has 0 saturated heterocycles. The topological polar surface area (TPSA) is 12.9 Å². The Balaban J connectivity index is 1.90. The number of aryl methyl sites for hydroxylation is 1. The van der Waals surface area contributed by atoms with E-state index < -0.39 is 0 Å². The maximum Gasteiger partial charge on any atom is 0.0897 e. The molecule has 19 heavy (non-hydrogen) atoms. The molecule has 1 aliphatic carbocycles. The van der Waals surface area contributed by atoms with Gasteiger partial charge in [0.2, 0.25) is 0 Å². The van der Waals surface area contributed by atoms with Crippen LogP contribution in [0.3, 0.4) is 0 Å². The minimum Gasteiger partial charge on any atom is -0.247 e. The van der Waals surface area contributed by atoms with E-state index in [0.717, 1.165) is 18.2 Å². The van der Waals surface area contributed by atoms with Crippen molar-refractivity contribution in [2.75, 3.05) is 5.88 Å². The Morgan fingerprint density at radius 2 is 2.16 bits per heavy atom. The highest BCUT2D eigenvalue weighted by Gasteiger charge is 2.35. The molecule has 0 aromatic carbocycles. The normalized spacial score (nSPS) is 27.6. The SMILES string of the molecule is CCCCC1CCC(CCl)(Cc2csc(C)n2)CC1. The van der Waals surface area contributed by atoms with Crippen molar-refractivity contribution < 1.29 is 0 Å². The fourth-order valence-electron chi connectivity index (χ4n) is 3.30. The van der Waals surface area contributed by atoms with Gasteiger partial charge in [-0.1, -0.05) is 26.2 Å². The monoisotopic (exact) mass is 299 g/mol. The van der Waals surface area contributed by atoms with E-state index in [1.807, 2.05) is 0 Å². The lowest BCUT2D eigenvalue weighted by atomic mass is 9.68. The molecular weight excluding hydrogens is 274 g/mol. The van der Waals surface area contributed by atoms with Gasteiger partial charge in [-0.15, -0.1) is 22.9 Å². The summed E-state index contributed by atoms with van der Waals surface area (Å²) in [6.45, 7) is 4.37. The average Bonchev–Trinajstić information content (AvgIpc) is 2.83. The Hall–Kier alpha value is -0.0800. The molecule has 108 valence electrons. The summed E-state index contributed by atoms with van der Waals surface area (Å²) in [7, 11) is 0. The standard InChI is InChI=1S/C16H26ClNS/c1-3-4-5-14-6-8-16(12-17,9-7-14)10-15-11-19-13(2)18-15/h11,14H,3-10,12H2,1-2H3. The number of alkyl halides is 1. The van der Waals surface area contributed by atoms with Crippen molar-refractivity contribution in [1.29, 1.82) is 0 Å². The summed E-state index contributed by atoms with van der Waals surface area (Å²) in [4.78, 5) is 4.63. The number of hydrogen-bond donors (Lipinski definition) is 0. The van der Waals surface area contributed by atoms with Crippen molar-refractivity contribution in [3.05, 3.63) is 16.1 Å². The highest BCUT2D eigenvalue weighted by Crippen LogP contribution is 2.43. The number of nitrogens with zero attached hydrogens (tertiary/aromatic N) is 1. The molecule has 1 saturated carbocycles. The van der Waals surface area contributed by atoms with Crippen LogP contribution in [-0.2, 0) is 6.42 Å². The van der Waals surface area contributed by atoms with E-state index in [4.69, 9.17) is 11.6 Å². The molecule has 1 aliphatic rings. The summed E-state index contributed by atoms with van der Waals surface area (Å²) in [6, 6.07) is 0. The second kappa shape index (κ2) is 7.08. The average molecular weight is 300 g/mol. The first-order valence-corrected chi connectivity index (χ1v) is 9.06. The van der Waals surface area contributed by atoms with Crippen LogP contribution in [0.2, 0.25) is 0 Å². The van der Waals surface area contributed by atoms with Gasteiger partial charge in [0.1, 0.15) is 0 Å². The number of thiazole rings is 1. The molecule has 0 N–H and O–H groups in total. The molecule has 1 aromatic heterocycles. The van der Waals surface area contributed by atoms with Crippen molar-refractivity contribution >= 4 is 22.9 Å². The highest BCUT2D eigenvalue weighted by molar-refractivity contribution is 7.09. The number of aromatic nitrogens is 1. The van der Waals surface area contributed by atoms with Crippen LogP contribution in [0.25, 0.3) is 0 Å². The van der Waals surface area contributed by atoms with Gasteiger partial charge in [0.15, 0.2) is 0 Å². The van der Waals surface area contributed by atoms with Crippen molar-refractivity contribution in [1.82, 2.24) is 4.98 Å². The zero-order valence-corrected chi connectivity index (χ0v) is 13.8. The first-order valence-electron chi connectivity index (χ1n) is 7.64. The lowest BCUT2D eigenvalue weighted by Crippen LogP contribution is -2.31. The van der Waals surface area contributed by atoms with Gasteiger partial charge in [0.05, 0.1) is 10.7 Å². The largest absolute Gasteiger partial charge is 0.247 e. The molecule has 2 rings (SSSR count). The van der Waals surface area contributed by atoms with Gasteiger partial charge in [0.25, 0.3) is 0 Å². The van der Waals surface area contributed by atoms with Crippen LogP contribution in [0.5, 0.6) is 0 Å². The highest BCUT2D eigenvalue weighted by atomic mass is 35.5. The predicted octanol–water partition coefficient (Wildman–Crippen LogP) is 5.60. The van der Waals surface area contributed by atoms with Gasteiger partial charge in [-0.2, -0.15) is 0 Å².